The molecule has 0 N–H and O–H groups in total. The smallest absolute Gasteiger partial charge is 0.316 e. The van der Waals surface area contributed by atoms with E-state index in [9.17, 15) is 0 Å². The summed E-state index contributed by atoms with van der Waals surface area (Å²) in [5.74, 6) is 0. The summed E-state index contributed by atoms with van der Waals surface area (Å²) >= 11 is 3.28. The molecule has 17 heavy (non-hydrogen) atoms. The van der Waals surface area contributed by atoms with Crippen LogP contribution in [-0.4, -0.2) is 16.6 Å². The van der Waals surface area contributed by atoms with Gasteiger partial charge in [0.25, 0.3) is 0 Å². The van der Waals surface area contributed by atoms with Crippen LogP contribution in [0.3, 0.4) is 0 Å². The van der Waals surface area contributed by atoms with Gasteiger partial charge >= 0.3 is 6.01 Å². The van der Waals surface area contributed by atoms with Gasteiger partial charge in [-0.1, -0.05) is 30.3 Å². The van der Waals surface area contributed by atoms with E-state index in [1.54, 1.807) is 12.4 Å². The molecule has 1 aromatic heterocycles. The van der Waals surface area contributed by atoms with Crippen LogP contribution >= 0.6 is 15.9 Å². The van der Waals surface area contributed by atoms with E-state index < -0.39 is 0 Å². The summed E-state index contributed by atoms with van der Waals surface area (Å²) in [6.07, 6.45) is 5.33. The summed E-state index contributed by atoms with van der Waals surface area (Å²) in [5.41, 5.74) is 1.33. The lowest BCUT2D eigenvalue weighted by Crippen LogP contribution is -2.02. The fraction of sp³-hybridized carbons (Fsp3) is 0.231. The molecule has 3 nitrogen and oxygen atoms in total. The number of hydrogen-bond donors (Lipinski definition) is 0. The van der Waals surface area contributed by atoms with Crippen LogP contribution < -0.4 is 4.74 Å². The average Bonchev–Trinajstić information content (AvgIpc) is 2.38. The van der Waals surface area contributed by atoms with Gasteiger partial charge in [0.05, 0.1) is 11.1 Å². The van der Waals surface area contributed by atoms with Crippen LogP contribution in [0.25, 0.3) is 0 Å². The van der Waals surface area contributed by atoms with E-state index in [0.29, 0.717) is 12.6 Å². The second-order valence-corrected chi connectivity index (χ2v) is 4.54. The highest BCUT2D eigenvalue weighted by Crippen LogP contribution is 2.09. The summed E-state index contributed by atoms with van der Waals surface area (Å²) in [6, 6.07) is 10.8. The molecule has 0 unspecified atom stereocenters. The predicted octanol–water partition coefficient (Wildman–Crippen LogP) is 3.25. The van der Waals surface area contributed by atoms with E-state index in [0.717, 1.165) is 17.3 Å². The van der Waals surface area contributed by atoms with Crippen molar-refractivity contribution in [2.75, 3.05) is 6.61 Å². The van der Waals surface area contributed by atoms with Crippen molar-refractivity contribution in [1.82, 2.24) is 9.97 Å². The quantitative estimate of drug-likeness (QED) is 0.794. The first kappa shape index (κ1) is 12.0. The van der Waals surface area contributed by atoms with Crippen LogP contribution in [0, 0.1) is 0 Å². The average molecular weight is 293 g/mol. The Labute approximate surface area is 109 Å². The molecule has 4 heteroatoms. The van der Waals surface area contributed by atoms with Gasteiger partial charge in [-0.2, -0.15) is 0 Å². The minimum Gasteiger partial charge on any atom is -0.463 e. The maximum Gasteiger partial charge on any atom is 0.316 e. The summed E-state index contributed by atoms with van der Waals surface area (Å²) in [5, 5.41) is 0. The van der Waals surface area contributed by atoms with Gasteiger partial charge in [0, 0.05) is 12.4 Å². The van der Waals surface area contributed by atoms with Crippen LogP contribution in [0.4, 0.5) is 0 Å². The van der Waals surface area contributed by atoms with Crippen molar-refractivity contribution in [1.29, 1.82) is 0 Å². The van der Waals surface area contributed by atoms with E-state index in [1.807, 2.05) is 18.2 Å². The van der Waals surface area contributed by atoms with Crippen LogP contribution in [-0.2, 0) is 6.42 Å². The van der Waals surface area contributed by atoms with E-state index in [4.69, 9.17) is 4.74 Å². The zero-order valence-electron chi connectivity index (χ0n) is 9.34. The number of aryl methyl sites for hydroxylation is 1. The van der Waals surface area contributed by atoms with E-state index in [1.165, 1.54) is 5.56 Å². The zero-order chi connectivity index (χ0) is 11.9. The number of benzene rings is 1. The first-order chi connectivity index (χ1) is 8.34. The SMILES string of the molecule is Brc1cnc(OCCCc2ccccc2)nc1. The maximum atomic E-state index is 5.44. The van der Waals surface area contributed by atoms with E-state index in [2.05, 4.69) is 38.0 Å². The Kier molecular flexibility index (Phi) is 4.50. The number of rotatable bonds is 5. The molecule has 88 valence electrons. The van der Waals surface area contributed by atoms with Gasteiger partial charge in [0.15, 0.2) is 0 Å². The molecule has 2 rings (SSSR count). The molecule has 1 heterocycles. The molecule has 0 aliphatic rings. The van der Waals surface area contributed by atoms with Gasteiger partial charge in [-0.05, 0) is 34.3 Å². The van der Waals surface area contributed by atoms with Crippen molar-refractivity contribution in [2.24, 2.45) is 0 Å². The van der Waals surface area contributed by atoms with Gasteiger partial charge in [0.2, 0.25) is 0 Å². The first-order valence-corrected chi connectivity index (χ1v) is 6.28. The number of hydrogen-bond acceptors (Lipinski definition) is 3. The van der Waals surface area contributed by atoms with Gasteiger partial charge < -0.3 is 4.74 Å². The van der Waals surface area contributed by atoms with Crippen molar-refractivity contribution in [3.05, 3.63) is 52.8 Å². The number of halogens is 1. The molecule has 0 amide bonds. The van der Waals surface area contributed by atoms with Gasteiger partial charge in [0.1, 0.15) is 0 Å². The van der Waals surface area contributed by atoms with Crippen molar-refractivity contribution in [2.45, 2.75) is 12.8 Å². The van der Waals surface area contributed by atoms with E-state index in [-0.39, 0.29) is 0 Å². The lowest BCUT2D eigenvalue weighted by Gasteiger charge is -2.04. The van der Waals surface area contributed by atoms with Crippen LogP contribution in [0.2, 0.25) is 0 Å². The number of ether oxygens (including phenoxy) is 1. The second kappa shape index (κ2) is 6.35. The highest BCUT2D eigenvalue weighted by molar-refractivity contribution is 9.10. The standard InChI is InChI=1S/C13H13BrN2O/c14-12-9-15-13(16-10-12)17-8-4-7-11-5-2-1-3-6-11/h1-3,5-6,9-10H,4,7-8H2. The Morgan fingerprint density at radius 3 is 2.47 bits per heavy atom. The van der Waals surface area contributed by atoms with Crippen molar-refractivity contribution in [3.63, 3.8) is 0 Å². The Morgan fingerprint density at radius 2 is 1.76 bits per heavy atom. The normalized spacial score (nSPS) is 10.2. The van der Waals surface area contributed by atoms with Crippen LogP contribution in [0.15, 0.2) is 47.2 Å². The first-order valence-electron chi connectivity index (χ1n) is 5.49. The lowest BCUT2D eigenvalue weighted by molar-refractivity contribution is 0.286. The third-order valence-electron chi connectivity index (χ3n) is 2.28. The molecule has 0 radical (unpaired) electrons. The van der Waals surface area contributed by atoms with Crippen molar-refractivity contribution in [3.8, 4) is 6.01 Å². The topological polar surface area (TPSA) is 35.0 Å². The zero-order valence-corrected chi connectivity index (χ0v) is 10.9. The molecule has 1 aromatic carbocycles. The van der Waals surface area contributed by atoms with Gasteiger partial charge in [-0.25, -0.2) is 9.97 Å². The molecule has 0 atom stereocenters. The largest absolute Gasteiger partial charge is 0.463 e. The molecule has 0 saturated carbocycles. The molecule has 0 bridgehead atoms. The lowest BCUT2D eigenvalue weighted by atomic mass is 10.1. The summed E-state index contributed by atoms with van der Waals surface area (Å²) in [6.45, 7) is 0.635. The summed E-state index contributed by atoms with van der Waals surface area (Å²) in [7, 11) is 0. The molecule has 0 fully saturated rings. The molecular weight excluding hydrogens is 280 g/mol. The monoisotopic (exact) mass is 292 g/mol. The molecular formula is C13H13BrN2O. The fourth-order valence-corrected chi connectivity index (χ4v) is 1.66. The van der Waals surface area contributed by atoms with Crippen molar-refractivity contribution >= 4 is 15.9 Å². The maximum absolute atomic E-state index is 5.44. The minimum atomic E-state index is 0.432. The second-order valence-electron chi connectivity index (χ2n) is 3.62. The highest BCUT2D eigenvalue weighted by Gasteiger charge is 1.97. The highest BCUT2D eigenvalue weighted by atomic mass is 79.9. The van der Waals surface area contributed by atoms with Crippen LogP contribution in [0.5, 0.6) is 6.01 Å². The van der Waals surface area contributed by atoms with Gasteiger partial charge in [-0.3, -0.25) is 0 Å². The molecule has 0 aliphatic heterocycles. The Bertz CT molecular complexity index is 445. The summed E-state index contributed by atoms with van der Waals surface area (Å²) in [4.78, 5) is 8.09. The predicted molar refractivity (Wildman–Crippen MR) is 70.0 cm³/mol. The molecule has 2 aromatic rings. The summed E-state index contributed by atoms with van der Waals surface area (Å²) < 4.78 is 6.30. The minimum absolute atomic E-state index is 0.432. The third kappa shape index (κ3) is 4.15. The Morgan fingerprint density at radius 1 is 1.06 bits per heavy atom. The molecule has 0 aliphatic carbocycles. The third-order valence-corrected chi connectivity index (χ3v) is 2.69. The van der Waals surface area contributed by atoms with E-state index >= 15 is 0 Å². The van der Waals surface area contributed by atoms with Crippen LogP contribution in [0.1, 0.15) is 12.0 Å². The molecule has 0 spiro atoms. The van der Waals surface area contributed by atoms with Crippen molar-refractivity contribution < 1.29 is 4.74 Å². The number of nitrogens with zero attached hydrogens (tertiary/aromatic N) is 2. The number of aromatic nitrogens is 2. The molecule has 0 saturated heterocycles. The van der Waals surface area contributed by atoms with Gasteiger partial charge in [-0.15, -0.1) is 0 Å². The Balaban J connectivity index is 1.71. The Hall–Kier alpha value is -1.42. The fourth-order valence-electron chi connectivity index (χ4n) is 1.46.